The van der Waals surface area contributed by atoms with E-state index in [0.717, 1.165) is 17.0 Å². The number of nitrogens with zero attached hydrogens (tertiary/aromatic N) is 1. The maximum Gasteiger partial charge on any atom is 0.164 e. The van der Waals surface area contributed by atoms with Crippen LogP contribution in [-0.2, 0) is 6.42 Å². The molecule has 2 aliphatic carbocycles. The minimum Gasteiger partial charge on any atom is -0.294 e. The van der Waals surface area contributed by atoms with E-state index in [9.17, 15) is 4.79 Å². The number of thiophene rings is 1. The number of thiazole rings is 1. The lowest BCUT2D eigenvalue weighted by molar-refractivity contribution is 0.0911. The van der Waals surface area contributed by atoms with E-state index >= 15 is 0 Å². The number of fused-ring (bicyclic) bond motifs is 1. The topological polar surface area (TPSA) is 30.0 Å². The Balaban J connectivity index is 1.86. The lowest BCUT2D eigenvalue weighted by atomic mass is 9.72. The molecule has 0 amide bonds. The standard InChI is InChI=1S/C19H23NOS2/c1-19(2)10-13-15(14(21)11-19)16(12-6-4-3-5-7-12)23-17(13)18-20-8-9-22-18/h8-9,12H,3-7,10-11H2,1-2H3. The van der Waals surface area contributed by atoms with Crippen LogP contribution >= 0.6 is 22.7 Å². The van der Waals surface area contributed by atoms with E-state index in [2.05, 4.69) is 18.8 Å². The van der Waals surface area contributed by atoms with Crippen molar-refractivity contribution >= 4 is 28.5 Å². The van der Waals surface area contributed by atoms with E-state index in [-0.39, 0.29) is 5.41 Å². The fourth-order valence-electron chi connectivity index (χ4n) is 4.18. The predicted octanol–water partition coefficient (Wildman–Crippen LogP) is 6.07. The van der Waals surface area contributed by atoms with Gasteiger partial charge in [-0.2, -0.15) is 0 Å². The molecule has 0 atom stereocenters. The maximum absolute atomic E-state index is 12.9. The van der Waals surface area contributed by atoms with Crippen LogP contribution in [0.5, 0.6) is 0 Å². The molecule has 0 spiro atoms. The fourth-order valence-corrected chi connectivity index (χ4v) is 6.45. The Hall–Kier alpha value is -1.00. The second-order valence-corrected chi connectivity index (χ2v) is 9.71. The first-order chi connectivity index (χ1) is 11.1. The average Bonchev–Trinajstić information content (AvgIpc) is 3.14. The summed E-state index contributed by atoms with van der Waals surface area (Å²) in [5.41, 5.74) is 2.46. The van der Waals surface area contributed by atoms with E-state index in [1.165, 1.54) is 47.4 Å². The molecule has 0 radical (unpaired) electrons. The van der Waals surface area contributed by atoms with Gasteiger partial charge in [0.25, 0.3) is 0 Å². The summed E-state index contributed by atoms with van der Waals surface area (Å²) in [6.45, 7) is 4.44. The van der Waals surface area contributed by atoms with E-state index in [1.807, 2.05) is 22.9 Å². The molecule has 2 heterocycles. The Morgan fingerprint density at radius 3 is 2.65 bits per heavy atom. The molecule has 0 bridgehead atoms. The number of aromatic nitrogens is 1. The zero-order valence-electron chi connectivity index (χ0n) is 13.9. The number of carbonyl (C=O) groups excluding carboxylic acids is 1. The highest BCUT2D eigenvalue weighted by Gasteiger charge is 2.38. The molecule has 0 unspecified atom stereocenters. The van der Waals surface area contributed by atoms with Gasteiger partial charge in [-0.3, -0.25) is 4.79 Å². The van der Waals surface area contributed by atoms with Crippen molar-refractivity contribution in [2.24, 2.45) is 5.41 Å². The minimum atomic E-state index is 0.0704. The second-order valence-electron chi connectivity index (χ2n) is 7.76. The molecular formula is C19H23NOS2. The third kappa shape index (κ3) is 2.80. The van der Waals surface area contributed by atoms with Crippen molar-refractivity contribution < 1.29 is 4.79 Å². The molecule has 0 saturated heterocycles. The highest BCUT2D eigenvalue weighted by Crippen LogP contribution is 2.50. The van der Waals surface area contributed by atoms with Crippen LogP contribution in [0.4, 0.5) is 0 Å². The van der Waals surface area contributed by atoms with Crippen LogP contribution < -0.4 is 0 Å². The molecule has 2 aromatic rings. The molecule has 0 aromatic carbocycles. The predicted molar refractivity (Wildman–Crippen MR) is 97.7 cm³/mol. The quantitative estimate of drug-likeness (QED) is 0.660. The molecule has 122 valence electrons. The summed E-state index contributed by atoms with van der Waals surface area (Å²) in [6.07, 6.45) is 10.0. The number of carbonyl (C=O) groups is 1. The van der Waals surface area contributed by atoms with Crippen LogP contribution in [0.3, 0.4) is 0 Å². The Labute approximate surface area is 146 Å². The number of hydrogen-bond donors (Lipinski definition) is 0. The molecule has 1 fully saturated rings. The summed E-state index contributed by atoms with van der Waals surface area (Å²) < 4.78 is 0. The third-order valence-corrected chi connectivity index (χ3v) is 7.53. The van der Waals surface area contributed by atoms with Crippen molar-refractivity contribution in [1.29, 1.82) is 0 Å². The Morgan fingerprint density at radius 1 is 1.17 bits per heavy atom. The van der Waals surface area contributed by atoms with Crippen molar-refractivity contribution in [3.63, 3.8) is 0 Å². The van der Waals surface area contributed by atoms with Gasteiger partial charge in [-0.25, -0.2) is 4.98 Å². The van der Waals surface area contributed by atoms with Crippen LogP contribution in [0.15, 0.2) is 11.6 Å². The van der Waals surface area contributed by atoms with Gasteiger partial charge in [0.05, 0.1) is 4.88 Å². The number of hydrogen-bond acceptors (Lipinski definition) is 4. The van der Waals surface area contributed by atoms with Gasteiger partial charge in [-0.1, -0.05) is 33.1 Å². The zero-order chi connectivity index (χ0) is 16.0. The molecule has 0 N–H and O–H groups in total. The van der Waals surface area contributed by atoms with Gasteiger partial charge in [0.1, 0.15) is 5.01 Å². The van der Waals surface area contributed by atoms with E-state index in [0.29, 0.717) is 18.1 Å². The smallest absolute Gasteiger partial charge is 0.164 e. The van der Waals surface area contributed by atoms with Gasteiger partial charge in [0.15, 0.2) is 5.78 Å². The lowest BCUT2D eigenvalue weighted by Gasteiger charge is -2.30. The minimum absolute atomic E-state index is 0.0704. The van der Waals surface area contributed by atoms with Crippen molar-refractivity contribution in [3.05, 3.63) is 27.6 Å². The molecule has 1 saturated carbocycles. The van der Waals surface area contributed by atoms with Gasteiger partial charge < -0.3 is 0 Å². The first-order valence-corrected chi connectivity index (χ1v) is 10.3. The van der Waals surface area contributed by atoms with Crippen LogP contribution in [-0.4, -0.2) is 10.8 Å². The number of Topliss-reactive ketones (excluding diaryl/α,β-unsaturated/α-hetero) is 1. The Bertz CT molecular complexity index is 721. The first-order valence-electron chi connectivity index (χ1n) is 8.64. The summed E-state index contributed by atoms with van der Waals surface area (Å²) >= 11 is 3.57. The van der Waals surface area contributed by atoms with Gasteiger partial charge in [-0.05, 0) is 36.2 Å². The molecule has 2 nitrogen and oxygen atoms in total. The highest BCUT2D eigenvalue weighted by atomic mass is 32.1. The van der Waals surface area contributed by atoms with Gasteiger partial charge >= 0.3 is 0 Å². The average molecular weight is 346 g/mol. The van der Waals surface area contributed by atoms with Crippen LogP contribution in [0.2, 0.25) is 0 Å². The van der Waals surface area contributed by atoms with Crippen LogP contribution in [0.25, 0.3) is 9.88 Å². The SMILES string of the molecule is CC1(C)CC(=O)c2c(C3CCCCC3)sc(-c3nccs3)c2C1. The van der Waals surface area contributed by atoms with Gasteiger partial charge in [0, 0.05) is 28.4 Å². The molecule has 0 aliphatic heterocycles. The number of rotatable bonds is 2. The van der Waals surface area contributed by atoms with Gasteiger partial charge in [-0.15, -0.1) is 22.7 Å². The summed E-state index contributed by atoms with van der Waals surface area (Å²) in [4.78, 5) is 20.1. The van der Waals surface area contributed by atoms with Crippen molar-refractivity contribution in [2.45, 2.75) is 64.7 Å². The summed E-state index contributed by atoms with van der Waals surface area (Å²) in [5.74, 6) is 0.970. The highest BCUT2D eigenvalue weighted by molar-refractivity contribution is 7.21. The Kier molecular flexibility index (Phi) is 3.93. The summed E-state index contributed by atoms with van der Waals surface area (Å²) in [7, 11) is 0. The summed E-state index contributed by atoms with van der Waals surface area (Å²) in [5, 5.41) is 3.14. The molecule has 2 aromatic heterocycles. The summed E-state index contributed by atoms with van der Waals surface area (Å²) in [6, 6.07) is 0. The molecule has 4 heteroatoms. The molecule has 4 rings (SSSR count). The first kappa shape index (κ1) is 15.5. The monoisotopic (exact) mass is 345 g/mol. The zero-order valence-corrected chi connectivity index (χ0v) is 15.5. The van der Waals surface area contributed by atoms with E-state index < -0.39 is 0 Å². The largest absolute Gasteiger partial charge is 0.294 e. The van der Waals surface area contributed by atoms with Crippen molar-refractivity contribution in [1.82, 2.24) is 4.98 Å². The Morgan fingerprint density at radius 2 is 1.96 bits per heavy atom. The second kappa shape index (κ2) is 5.82. The maximum atomic E-state index is 12.9. The molecule has 23 heavy (non-hydrogen) atoms. The van der Waals surface area contributed by atoms with Crippen molar-refractivity contribution in [3.8, 4) is 9.88 Å². The normalized spacial score (nSPS) is 21.4. The van der Waals surface area contributed by atoms with Crippen molar-refractivity contribution in [2.75, 3.05) is 0 Å². The number of ketones is 1. The van der Waals surface area contributed by atoms with Crippen LogP contribution in [0.1, 0.15) is 79.1 Å². The third-order valence-electron chi connectivity index (χ3n) is 5.21. The van der Waals surface area contributed by atoms with Gasteiger partial charge in [0.2, 0.25) is 0 Å². The van der Waals surface area contributed by atoms with E-state index in [4.69, 9.17) is 0 Å². The van der Waals surface area contributed by atoms with E-state index in [1.54, 1.807) is 11.3 Å². The molecule has 2 aliphatic rings. The molecular weight excluding hydrogens is 322 g/mol. The fraction of sp³-hybridized carbons (Fsp3) is 0.579. The van der Waals surface area contributed by atoms with Crippen LogP contribution in [0, 0.1) is 5.41 Å². The lowest BCUT2D eigenvalue weighted by Crippen LogP contribution is -2.27.